The van der Waals surface area contributed by atoms with Gasteiger partial charge in [-0.25, -0.2) is 4.79 Å². The van der Waals surface area contributed by atoms with Crippen LogP contribution in [0, 0.1) is 0 Å². The third kappa shape index (κ3) is 4.22. The van der Waals surface area contributed by atoms with Crippen LogP contribution in [-0.2, 0) is 0 Å². The van der Waals surface area contributed by atoms with Crippen molar-refractivity contribution in [2.45, 2.75) is 26.8 Å². The summed E-state index contributed by atoms with van der Waals surface area (Å²) in [5.41, 5.74) is 3.24. The third-order valence-electron chi connectivity index (χ3n) is 4.72. The largest absolute Gasteiger partial charge is 0.369 e. The van der Waals surface area contributed by atoms with Crippen LogP contribution in [0.1, 0.15) is 31.1 Å². The van der Waals surface area contributed by atoms with Crippen LogP contribution in [0.4, 0.5) is 21.9 Å². The van der Waals surface area contributed by atoms with Gasteiger partial charge in [-0.15, -0.1) is 0 Å². The van der Waals surface area contributed by atoms with E-state index in [0.717, 1.165) is 23.6 Å². The molecular weight excluding hydrogens is 340 g/mol. The van der Waals surface area contributed by atoms with Gasteiger partial charge in [-0.2, -0.15) is 0 Å². The molecule has 1 heterocycles. The van der Waals surface area contributed by atoms with Gasteiger partial charge in [-0.05, 0) is 69.3 Å². The molecule has 3 rings (SSSR count). The smallest absolute Gasteiger partial charge is 0.321 e. The number of hydrogen-bond donors (Lipinski definition) is 2. The van der Waals surface area contributed by atoms with Crippen LogP contribution in [0.15, 0.2) is 48.5 Å². The molecule has 1 fully saturated rings. The Labute approximate surface area is 160 Å². The van der Waals surface area contributed by atoms with Gasteiger partial charge in [-0.3, -0.25) is 9.69 Å². The van der Waals surface area contributed by atoms with Crippen LogP contribution in [-0.4, -0.2) is 37.6 Å². The molecule has 0 bridgehead atoms. The van der Waals surface area contributed by atoms with Crippen LogP contribution in [0.2, 0.25) is 0 Å². The summed E-state index contributed by atoms with van der Waals surface area (Å²) >= 11 is 0. The zero-order chi connectivity index (χ0) is 19.4. The first kappa shape index (κ1) is 18.8. The zero-order valence-corrected chi connectivity index (χ0v) is 16.0. The Balaban J connectivity index is 1.65. The Kier molecular flexibility index (Phi) is 5.64. The van der Waals surface area contributed by atoms with Crippen LogP contribution in [0.5, 0.6) is 0 Å². The molecule has 0 aliphatic carbocycles. The molecule has 27 heavy (non-hydrogen) atoms. The van der Waals surface area contributed by atoms with Crippen molar-refractivity contribution in [2.24, 2.45) is 0 Å². The number of nitrogens with zero attached hydrogens (tertiary/aromatic N) is 2. The fourth-order valence-corrected chi connectivity index (χ4v) is 3.30. The molecule has 142 valence electrons. The number of urea groups is 1. The topological polar surface area (TPSA) is 64.7 Å². The van der Waals surface area contributed by atoms with Crippen LogP contribution in [0.25, 0.3) is 0 Å². The molecule has 0 radical (unpaired) electrons. The van der Waals surface area contributed by atoms with Crippen molar-refractivity contribution in [3.63, 3.8) is 0 Å². The summed E-state index contributed by atoms with van der Waals surface area (Å²) in [6.07, 6.45) is 0. The van der Waals surface area contributed by atoms with E-state index in [2.05, 4.69) is 36.3 Å². The molecule has 0 atom stereocenters. The van der Waals surface area contributed by atoms with Crippen molar-refractivity contribution < 1.29 is 9.59 Å². The summed E-state index contributed by atoms with van der Waals surface area (Å²) in [5.74, 6) is -0.170. The van der Waals surface area contributed by atoms with Crippen molar-refractivity contribution >= 4 is 29.0 Å². The molecule has 0 unspecified atom stereocenters. The van der Waals surface area contributed by atoms with E-state index >= 15 is 0 Å². The Morgan fingerprint density at radius 3 is 2.33 bits per heavy atom. The van der Waals surface area contributed by atoms with Gasteiger partial charge in [0.25, 0.3) is 5.91 Å². The molecule has 1 aliphatic rings. The fourth-order valence-electron chi connectivity index (χ4n) is 3.30. The van der Waals surface area contributed by atoms with Crippen LogP contribution < -0.4 is 20.4 Å². The van der Waals surface area contributed by atoms with Crippen molar-refractivity contribution in [1.29, 1.82) is 0 Å². The number of rotatable bonds is 6. The number of anilines is 3. The zero-order valence-electron chi connectivity index (χ0n) is 16.0. The predicted molar refractivity (Wildman–Crippen MR) is 110 cm³/mol. The highest BCUT2D eigenvalue weighted by atomic mass is 16.2. The van der Waals surface area contributed by atoms with E-state index in [9.17, 15) is 9.59 Å². The van der Waals surface area contributed by atoms with Gasteiger partial charge in [0.15, 0.2) is 0 Å². The van der Waals surface area contributed by atoms with Gasteiger partial charge in [-0.1, -0.05) is 0 Å². The molecule has 3 amide bonds. The fraction of sp³-hybridized carbons (Fsp3) is 0.333. The minimum absolute atomic E-state index is 0.102. The van der Waals surface area contributed by atoms with E-state index in [-0.39, 0.29) is 11.9 Å². The Hall–Kier alpha value is -3.02. The average molecular weight is 366 g/mol. The lowest BCUT2D eigenvalue weighted by atomic mass is 10.1. The number of carbonyl (C=O) groups excluding carboxylic acids is 2. The first-order valence-electron chi connectivity index (χ1n) is 9.33. The second kappa shape index (κ2) is 8.12. The second-order valence-electron chi connectivity index (χ2n) is 6.81. The molecule has 2 aromatic rings. The van der Waals surface area contributed by atoms with E-state index in [0.29, 0.717) is 24.7 Å². The normalized spacial score (nSPS) is 13.6. The van der Waals surface area contributed by atoms with E-state index in [1.165, 1.54) is 0 Å². The van der Waals surface area contributed by atoms with Gasteiger partial charge in [0.05, 0.1) is 0 Å². The monoisotopic (exact) mass is 366 g/mol. The Morgan fingerprint density at radius 1 is 1.15 bits per heavy atom. The lowest BCUT2D eigenvalue weighted by molar-refractivity contribution is 0.102. The summed E-state index contributed by atoms with van der Waals surface area (Å²) in [6.45, 7) is 8.67. The standard InChI is InChI=1S/C21H26N4O2/c1-4-24(15(2)3)18-11-7-17(8-12-18)23-20(26)16-5-9-19(10-6-16)25-14-13-22-21(25)27/h5-12,15H,4,13-14H2,1-3H3,(H,22,27)(H,23,26). The van der Waals surface area contributed by atoms with E-state index in [1.54, 1.807) is 29.2 Å². The molecule has 2 aromatic carbocycles. The highest BCUT2D eigenvalue weighted by Gasteiger charge is 2.21. The van der Waals surface area contributed by atoms with Crippen LogP contribution in [0.3, 0.4) is 0 Å². The van der Waals surface area contributed by atoms with Gasteiger partial charge >= 0.3 is 6.03 Å². The highest BCUT2D eigenvalue weighted by molar-refractivity contribution is 6.04. The minimum atomic E-state index is -0.170. The van der Waals surface area contributed by atoms with Gasteiger partial charge in [0.1, 0.15) is 0 Å². The molecule has 2 N–H and O–H groups in total. The first-order valence-corrected chi connectivity index (χ1v) is 9.33. The molecule has 1 aliphatic heterocycles. The summed E-state index contributed by atoms with van der Waals surface area (Å²) in [4.78, 5) is 28.1. The quantitative estimate of drug-likeness (QED) is 0.819. The third-order valence-corrected chi connectivity index (χ3v) is 4.72. The molecule has 6 nitrogen and oxygen atoms in total. The number of hydrogen-bond acceptors (Lipinski definition) is 3. The highest BCUT2D eigenvalue weighted by Crippen LogP contribution is 2.21. The molecule has 0 saturated carbocycles. The summed E-state index contributed by atoms with van der Waals surface area (Å²) in [5, 5.41) is 5.68. The number of amides is 3. The first-order chi connectivity index (χ1) is 13.0. The van der Waals surface area contributed by atoms with Crippen molar-refractivity contribution in [2.75, 3.05) is 34.8 Å². The summed E-state index contributed by atoms with van der Waals surface area (Å²) < 4.78 is 0. The number of nitrogens with one attached hydrogen (secondary N) is 2. The van der Waals surface area contributed by atoms with Gasteiger partial charge < -0.3 is 15.5 Å². The van der Waals surface area contributed by atoms with Crippen molar-refractivity contribution in [3.8, 4) is 0 Å². The lowest BCUT2D eigenvalue weighted by Gasteiger charge is -2.27. The van der Waals surface area contributed by atoms with Crippen molar-refractivity contribution in [1.82, 2.24) is 5.32 Å². The lowest BCUT2D eigenvalue weighted by Crippen LogP contribution is -2.30. The van der Waals surface area contributed by atoms with Gasteiger partial charge in [0, 0.05) is 48.3 Å². The molecule has 0 spiro atoms. The predicted octanol–water partition coefficient (Wildman–Crippen LogP) is 3.70. The SMILES string of the molecule is CCN(c1ccc(NC(=O)c2ccc(N3CCNC3=O)cc2)cc1)C(C)C. The Morgan fingerprint density at radius 2 is 1.81 bits per heavy atom. The van der Waals surface area contributed by atoms with Crippen LogP contribution >= 0.6 is 0 Å². The molecule has 0 aromatic heterocycles. The number of benzene rings is 2. The minimum Gasteiger partial charge on any atom is -0.369 e. The van der Waals surface area contributed by atoms with E-state index < -0.39 is 0 Å². The Bertz CT molecular complexity index is 800. The molecular formula is C21H26N4O2. The maximum atomic E-state index is 12.5. The molecule has 6 heteroatoms. The maximum absolute atomic E-state index is 12.5. The van der Waals surface area contributed by atoms with Crippen molar-refractivity contribution in [3.05, 3.63) is 54.1 Å². The second-order valence-corrected chi connectivity index (χ2v) is 6.81. The van der Waals surface area contributed by atoms with Gasteiger partial charge in [0.2, 0.25) is 0 Å². The molecule has 1 saturated heterocycles. The number of carbonyl (C=O) groups is 2. The van der Waals surface area contributed by atoms with E-state index in [1.807, 2.05) is 24.3 Å². The summed E-state index contributed by atoms with van der Waals surface area (Å²) in [7, 11) is 0. The maximum Gasteiger partial charge on any atom is 0.321 e. The van der Waals surface area contributed by atoms with E-state index in [4.69, 9.17) is 0 Å². The summed E-state index contributed by atoms with van der Waals surface area (Å²) in [6, 6.07) is 15.3. The average Bonchev–Trinajstić information content (AvgIpc) is 3.09.